The van der Waals surface area contributed by atoms with Crippen molar-refractivity contribution in [1.29, 1.82) is 0 Å². The Morgan fingerprint density at radius 1 is 0.424 bits per heavy atom. The second kappa shape index (κ2) is 55.4. The van der Waals surface area contributed by atoms with E-state index >= 15 is 0 Å². The van der Waals surface area contributed by atoms with E-state index in [1.807, 2.05) is 6.08 Å². The molecule has 3 N–H and O–H groups in total. The predicted octanol–water partition coefficient (Wildman–Crippen LogP) is 17.8. The van der Waals surface area contributed by atoms with Crippen LogP contribution in [-0.4, -0.2) is 47.4 Å². The zero-order valence-corrected chi connectivity index (χ0v) is 43.9. The van der Waals surface area contributed by atoms with Crippen LogP contribution >= 0.6 is 0 Å². The molecule has 2 unspecified atom stereocenters. The van der Waals surface area contributed by atoms with Crippen LogP contribution in [-0.2, 0) is 14.3 Å². The van der Waals surface area contributed by atoms with Gasteiger partial charge in [0.1, 0.15) is 0 Å². The zero-order chi connectivity index (χ0) is 47.9. The second-order valence-corrected chi connectivity index (χ2v) is 19.6. The molecule has 6 heteroatoms. The van der Waals surface area contributed by atoms with Crippen molar-refractivity contribution >= 4 is 11.9 Å². The molecule has 0 aromatic rings. The van der Waals surface area contributed by atoms with Crippen LogP contribution in [0.5, 0.6) is 0 Å². The maximum Gasteiger partial charge on any atom is 0.305 e. The third-order valence-electron chi connectivity index (χ3n) is 13.1. The van der Waals surface area contributed by atoms with Gasteiger partial charge in [-0.1, -0.05) is 242 Å². The van der Waals surface area contributed by atoms with E-state index in [4.69, 9.17) is 4.74 Å². The van der Waals surface area contributed by atoms with E-state index in [-0.39, 0.29) is 18.5 Å². The Morgan fingerprint density at radius 3 is 1.17 bits per heavy atom. The lowest BCUT2D eigenvalue weighted by atomic mass is 10.1. The fourth-order valence-corrected chi connectivity index (χ4v) is 8.60. The molecular formula is C60H111NO5. The van der Waals surface area contributed by atoms with Crippen LogP contribution in [0.25, 0.3) is 0 Å². The summed E-state index contributed by atoms with van der Waals surface area (Å²) >= 11 is 0. The number of nitrogens with one attached hydrogen (secondary N) is 1. The Bertz CT molecular complexity index is 1110. The normalized spacial score (nSPS) is 13.0. The molecular weight excluding hydrogens is 815 g/mol. The molecule has 1 amide bonds. The highest BCUT2D eigenvalue weighted by Gasteiger charge is 2.18. The van der Waals surface area contributed by atoms with E-state index < -0.39 is 12.1 Å². The molecule has 0 spiro atoms. The average molecular weight is 927 g/mol. The van der Waals surface area contributed by atoms with Crippen LogP contribution in [0.4, 0.5) is 0 Å². The van der Waals surface area contributed by atoms with Gasteiger partial charge in [0.05, 0.1) is 25.4 Å². The van der Waals surface area contributed by atoms with Gasteiger partial charge >= 0.3 is 5.97 Å². The molecule has 0 radical (unpaired) electrons. The molecule has 0 aromatic heterocycles. The number of allylic oxidation sites excluding steroid dienone is 7. The van der Waals surface area contributed by atoms with Crippen molar-refractivity contribution in [1.82, 2.24) is 5.32 Å². The van der Waals surface area contributed by atoms with Crippen LogP contribution in [0.15, 0.2) is 48.6 Å². The van der Waals surface area contributed by atoms with Crippen molar-refractivity contribution in [3.63, 3.8) is 0 Å². The summed E-state index contributed by atoms with van der Waals surface area (Å²) in [4.78, 5) is 24.4. The van der Waals surface area contributed by atoms with Crippen LogP contribution < -0.4 is 5.32 Å². The molecule has 66 heavy (non-hydrogen) atoms. The Labute approximate surface area is 410 Å². The van der Waals surface area contributed by atoms with Crippen molar-refractivity contribution in [3.8, 4) is 0 Å². The first-order valence-corrected chi connectivity index (χ1v) is 28.9. The minimum Gasteiger partial charge on any atom is -0.466 e. The minimum absolute atomic E-state index is 0.00208. The lowest BCUT2D eigenvalue weighted by Crippen LogP contribution is -2.45. The van der Waals surface area contributed by atoms with Gasteiger partial charge in [-0.3, -0.25) is 9.59 Å². The summed E-state index contributed by atoms with van der Waals surface area (Å²) in [5.41, 5.74) is 0. The van der Waals surface area contributed by atoms with Crippen molar-refractivity contribution in [2.75, 3.05) is 13.2 Å². The molecule has 6 nitrogen and oxygen atoms in total. The van der Waals surface area contributed by atoms with E-state index in [2.05, 4.69) is 55.6 Å². The van der Waals surface area contributed by atoms with E-state index in [0.29, 0.717) is 19.4 Å². The number of carbonyl (C=O) groups is 2. The van der Waals surface area contributed by atoms with Crippen LogP contribution in [0.2, 0.25) is 0 Å². The van der Waals surface area contributed by atoms with Crippen molar-refractivity contribution in [2.45, 2.75) is 309 Å². The number of hydrogen-bond acceptors (Lipinski definition) is 5. The Morgan fingerprint density at radius 2 is 0.758 bits per heavy atom. The highest BCUT2D eigenvalue weighted by Crippen LogP contribution is 2.15. The third kappa shape index (κ3) is 51.2. The molecule has 2 atom stereocenters. The molecule has 0 aliphatic rings. The summed E-state index contributed by atoms with van der Waals surface area (Å²) in [6, 6.07) is -0.635. The summed E-state index contributed by atoms with van der Waals surface area (Å²) in [5, 5.41) is 23.0. The first kappa shape index (κ1) is 63.8. The van der Waals surface area contributed by atoms with Gasteiger partial charge in [0, 0.05) is 12.8 Å². The maximum absolute atomic E-state index is 12.4. The van der Waals surface area contributed by atoms with Crippen molar-refractivity contribution < 1.29 is 24.5 Å². The molecule has 0 rings (SSSR count). The van der Waals surface area contributed by atoms with E-state index in [1.165, 1.54) is 205 Å². The number of ether oxygens (including phenoxy) is 1. The molecule has 0 bridgehead atoms. The molecule has 0 saturated heterocycles. The number of aliphatic hydroxyl groups excluding tert-OH is 2. The molecule has 386 valence electrons. The molecule has 0 aromatic carbocycles. The fourth-order valence-electron chi connectivity index (χ4n) is 8.60. The average Bonchev–Trinajstić information content (AvgIpc) is 3.32. The van der Waals surface area contributed by atoms with E-state index in [0.717, 1.165) is 64.2 Å². The Balaban J connectivity index is 3.46. The predicted molar refractivity (Wildman–Crippen MR) is 287 cm³/mol. The van der Waals surface area contributed by atoms with Gasteiger partial charge in [0.2, 0.25) is 5.91 Å². The SMILES string of the molecule is CCCCCCCC/C=C\CCCCCCCC(=O)OCCCCCCCCCCC/C=C\C/C=C\CCCCCCCCCC(=O)NC(CO)C(O)/C=C/CCCCCCCCCCC. The number of aliphatic hydroxyl groups is 2. The highest BCUT2D eigenvalue weighted by atomic mass is 16.5. The molecule has 0 saturated carbocycles. The summed E-state index contributed by atoms with van der Waals surface area (Å²) in [7, 11) is 0. The van der Waals surface area contributed by atoms with Gasteiger partial charge in [-0.15, -0.1) is 0 Å². The van der Waals surface area contributed by atoms with Crippen LogP contribution in [0, 0.1) is 0 Å². The number of unbranched alkanes of at least 4 members (excludes halogenated alkanes) is 36. The second-order valence-electron chi connectivity index (χ2n) is 19.6. The maximum atomic E-state index is 12.4. The van der Waals surface area contributed by atoms with Gasteiger partial charge in [-0.25, -0.2) is 0 Å². The summed E-state index contributed by atoms with van der Waals surface area (Å²) < 4.78 is 5.47. The number of esters is 1. The summed E-state index contributed by atoms with van der Waals surface area (Å²) in [6.07, 6.45) is 69.9. The number of rotatable bonds is 53. The molecule has 0 aliphatic heterocycles. The minimum atomic E-state index is -0.850. The van der Waals surface area contributed by atoms with Gasteiger partial charge in [0.15, 0.2) is 0 Å². The van der Waals surface area contributed by atoms with Gasteiger partial charge in [-0.05, 0) is 89.9 Å². The standard InChI is InChI=1S/C60H111NO5/c1-3-5-7-9-11-13-15-16-26-30-34-38-42-46-50-54-60(65)66-55-51-47-43-39-35-31-28-25-23-21-19-17-18-20-22-24-27-29-33-37-41-45-49-53-59(64)61-57(56-62)58(63)52-48-44-40-36-32-14-12-10-8-6-4-2/h16-17,19-20,22,26,48,52,57-58,62-63H,3-15,18,21,23-25,27-47,49-51,53-56H2,1-2H3,(H,61,64)/b19-17-,22-20-,26-16-,52-48+. The molecule has 0 aliphatic carbocycles. The summed E-state index contributed by atoms with van der Waals surface area (Å²) in [5.74, 6) is -0.0826. The van der Waals surface area contributed by atoms with Crippen molar-refractivity contribution in [2.24, 2.45) is 0 Å². The first-order valence-electron chi connectivity index (χ1n) is 28.9. The smallest absolute Gasteiger partial charge is 0.305 e. The Hall–Kier alpha value is -2.18. The molecule has 0 fully saturated rings. The van der Waals surface area contributed by atoms with Gasteiger partial charge in [-0.2, -0.15) is 0 Å². The quantitative estimate of drug-likeness (QED) is 0.0321. The summed E-state index contributed by atoms with van der Waals surface area (Å²) in [6.45, 7) is 4.87. The molecule has 0 heterocycles. The lowest BCUT2D eigenvalue weighted by molar-refractivity contribution is -0.143. The highest BCUT2D eigenvalue weighted by molar-refractivity contribution is 5.76. The first-order chi connectivity index (χ1) is 32.5. The van der Waals surface area contributed by atoms with Crippen LogP contribution in [0.3, 0.4) is 0 Å². The van der Waals surface area contributed by atoms with Crippen molar-refractivity contribution in [3.05, 3.63) is 48.6 Å². The largest absolute Gasteiger partial charge is 0.466 e. The van der Waals surface area contributed by atoms with Gasteiger partial charge < -0.3 is 20.3 Å². The van der Waals surface area contributed by atoms with E-state index in [9.17, 15) is 19.8 Å². The van der Waals surface area contributed by atoms with E-state index in [1.54, 1.807) is 6.08 Å². The fraction of sp³-hybridized carbons (Fsp3) is 0.833. The monoisotopic (exact) mass is 926 g/mol. The number of hydrogen-bond donors (Lipinski definition) is 3. The number of amides is 1. The van der Waals surface area contributed by atoms with Gasteiger partial charge in [0.25, 0.3) is 0 Å². The Kier molecular flexibility index (Phi) is 53.6. The zero-order valence-electron chi connectivity index (χ0n) is 43.9. The number of carbonyl (C=O) groups excluding carboxylic acids is 2. The third-order valence-corrected chi connectivity index (χ3v) is 13.1. The van der Waals surface area contributed by atoms with Crippen LogP contribution in [0.1, 0.15) is 296 Å². The topological polar surface area (TPSA) is 95.9 Å². The lowest BCUT2D eigenvalue weighted by Gasteiger charge is -2.20.